The predicted molar refractivity (Wildman–Crippen MR) is 66.8 cm³/mol. The summed E-state index contributed by atoms with van der Waals surface area (Å²) in [6.45, 7) is 6.65. The van der Waals surface area contributed by atoms with Gasteiger partial charge in [-0.05, 0) is 27.2 Å². The number of rotatable bonds is 3. The number of hydrazine groups is 1. The molecule has 1 fully saturated rings. The fourth-order valence-electron chi connectivity index (χ4n) is 2.01. The molecule has 4 N–H and O–H groups in total. The molecule has 1 aromatic rings. The SMILES string of the molecule is Cc1nc(NN)c(C)c(NC2CCOC2C)n1. The monoisotopic (exact) mass is 237 g/mol. The molecule has 0 spiro atoms. The maximum absolute atomic E-state index is 5.52. The number of aryl methyl sites for hydroxylation is 1. The van der Waals surface area contributed by atoms with Crippen LogP contribution < -0.4 is 16.6 Å². The molecule has 1 aliphatic rings. The van der Waals surface area contributed by atoms with Crippen LogP contribution in [0.25, 0.3) is 0 Å². The zero-order chi connectivity index (χ0) is 12.4. The van der Waals surface area contributed by atoms with Crippen LogP contribution in [0.3, 0.4) is 0 Å². The van der Waals surface area contributed by atoms with Crippen molar-refractivity contribution in [2.75, 3.05) is 17.3 Å². The van der Waals surface area contributed by atoms with E-state index >= 15 is 0 Å². The number of hydrogen-bond donors (Lipinski definition) is 3. The molecule has 2 heterocycles. The molecule has 0 radical (unpaired) electrons. The fourth-order valence-corrected chi connectivity index (χ4v) is 2.01. The van der Waals surface area contributed by atoms with Gasteiger partial charge < -0.3 is 15.5 Å². The van der Waals surface area contributed by atoms with Gasteiger partial charge >= 0.3 is 0 Å². The van der Waals surface area contributed by atoms with Crippen molar-refractivity contribution in [2.24, 2.45) is 5.84 Å². The van der Waals surface area contributed by atoms with Crippen molar-refractivity contribution < 1.29 is 4.74 Å². The van der Waals surface area contributed by atoms with Gasteiger partial charge in [0.2, 0.25) is 0 Å². The summed E-state index contributed by atoms with van der Waals surface area (Å²) in [6, 6.07) is 0.300. The highest BCUT2D eigenvalue weighted by atomic mass is 16.5. The molecule has 0 aromatic carbocycles. The van der Waals surface area contributed by atoms with Crippen LogP contribution in [-0.2, 0) is 4.74 Å². The highest BCUT2D eigenvalue weighted by Crippen LogP contribution is 2.23. The molecule has 17 heavy (non-hydrogen) atoms. The molecular formula is C11H19N5O. The molecule has 0 bridgehead atoms. The van der Waals surface area contributed by atoms with E-state index in [4.69, 9.17) is 10.6 Å². The van der Waals surface area contributed by atoms with Crippen molar-refractivity contribution in [1.82, 2.24) is 9.97 Å². The van der Waals surface area contributed by atoms with E-state index in [2.05, 4.69) is 27.6 Å². The van der Waals surface area contributed by atoms with E-state index in [1.54, 1.807) is 0 Å². The Labute approximate surface area is 101 Å². The molecule has 2 rings (SSSR count). The van der Waals surface area contributed by atoms with Gasteiger partial charge in [-0.15, -0.1) is 0 Å². The summed E-state index contributed by atoms with van der Waals surface area (Å²) >= 11 is 0. The number of anilines is 2. The third-order valence-corrected chi connectivity index (χ3v) is 3.09. The summed E-state index contributed by atoms with van der Waals surface area (Å²) in [5.41, 5.74) is 3.52. The molecule has 6 heteroatoms. The van der Waals surface area contributed by atoms with Gasteiger partial charge in [-0.2, -0.15) is 0 Å². The van der Waals surface area contributed by atoms with Crippen molar-refractivity contribution >= 4 is 11.6 Å². The van der Waals surface area contributed by atoms with Crippen LogP contribution in [0.1, 0.15) is 24.7 Å². The van der Waals surface area contributed by atoms with Crippen molar-refractivity contribution in [2.45, 2.75) is 39.3 Å². The highest BCUT2D eigenvalue weighted by Gasteiger charge is 2.25. The molecule has 6 nitrogen and oxygen atoms in total. The molecule has 0 saturated carbocycles. The van der Waals surface area contributed by atoms with E-state index in [9.17, 15) is 0 Å². The van der Waals surface area contributed by atoms with Crippen molar-refractivity contribution in [3.05, 3.63) is 11.4 Å². The smallest absolute Gasteiger partial charge is 0.148 e. The Bertz CT molecular complexity index is 409. The zero-order valence-electron chi connectivity index (χ0n) is 10.4. The Balaban J connectivity index is 2.22. The second-order valence-electron chi connectivity index (χ2n) is 4.35. The zero-order valence-corrected chi connectivity index (χ0v) is 10.4. The van der Waals surface area contributed by atoms with E-state index in [-0.39, 0.29) is 6.10 Å². The summed E-state index contributed by atoms with van der Waals surface area (Å²) in [5, 5.41) is 3.40. The van der Waals surface area contributed by atoms with E-state index in [1.165, 1.54) is 0 Å². The standard InChI is InChI=1S/C11H19N5O/c1-6-10(13-8(3)14-11(6)16-12)15-9-4-5-17-7(9)2/h7,9H,4-5,12H2,1-3H3,(H2,13,14,15,16). The number of nitrogens with two attached hydrogens (primary N) is 1. The van der Waals surface area contributed by atoms with Gasteiger partial charge in [0.25, 0.3) is 0 Å². The third kappa shape index (κ3) is 2.48. The van der Waals surface area contributed by atoms with Gasteiger partial charge in [-0.3, -0.25) is 0 Å². The fraction of sp³-hybridized carbons (Fsp3) is 0.636. The van der Waals surface area contributed by atoms with Gasteiger partial charge in [0.1, 0.15) is 17.5 Å². The topological polar surface area (TPSA) is 85.1 Å². The maximum atomic E-state index is 5.52. The summed E-state index contributed by atoms with van der Waals surface area (Å²) in [6.07, 6.45) is 1.20. The Morgan fingerprint density at radius 1 is 1.29 bits per heavy atom. The van der Waals surface area contributed by atoms with Crippen LogP contribution in [0.5, 0.6) is 0 Å². The lowest BCUT2D eigenvalue weighted by Gasteiger charge is -2.19. The molecule has 2 atom stereocenters. The van der Waals surface area contributed by atoms with Crippen LogP contribution >= 0.6 is 0 Å². The lowest BCUT2D eigenvalue weighted by Crippen LogP contribution is -2.28. The molecule has 0 amide bonds. The minimum Gasteiger partial charge on any atom is -0.376 e. The number of nitrogens with zero attached hydrogens (tertiary/aromatic N) is 2. The van der Waals surface area contributed by atoms with Crippen molar-refractivity contribution in [3.8, 4) is 0 Å². The molecule has 1 saturated heterocycles. The summed E-state index contributed by atoms with van der Waals surface area (Å²) in [7, 11) is 0. The number of nitrogens with one attached hydrogen (secondary N) is 2. The first-order valence-corrected chi connectivity index (χ1v) is 5.82. The van der Waals surface area contributed by atoms with Crippen molar-refractivity contribution in [1.29, 1.82) is 0 Å². The molecular weight excluding hydrogens is 218 g/mol. The summed E-state index contributed by atoms with van der Waals surface area (Å²) in [4.78, 5) is 8.63. The van der Waals surface area contributed by atoms with Crippen molar-refractivity contribution in [3.63, 3.8) is 0 Å². The summed E-state index contributed by atoms with van der Waals surface area (Å²) in [5.74, 6) is 7.61. The molecule has 94 valence electrons. The first-order valence-electron chi connectivity index (χ1n) is 5.82. The van der Waals surface area contributed by atoms with Gasteiger partial charge in [0, 0.05) is 12.2 Å². The van der Waals surface area contributed by atoms with E-state index < -0.39 is 0 Å². The number of nitrogen functional groups attached to an aromatic ring is 1. The lowest BCUT2D eigenvalue weighted by atomic mass is 10.1. The number of ether oxygens (including phenoxy) is 1. The first-order chi connectivity index (χ1) is 8.11. The Morgan fingerprint density at radius 2 is 2.00 bits per heavy atom. The van der Waals surface area contributed by atoms with E-state index in [0.717, 1.165) is 24.4 Å². The van der Waals surface area contributed by atoms with Crippen LogP contribution in [0.2, 0.25) is 0 Å². The van der Waals surface area contributed by atoms with E-state index in [0.29, 0.717) is 17.7 Å². The predicted octanol–water partition coefficient (Wildman–Crippen LogP) is 0.968. The summed E-state index contributed by atoms with van der Waals surface area (Å²) < 4.78 is 5.52. The largest absolute Gasteiger partial charge is 0.376 e. The lowest BCUT2D eigenvalue weighted by molar-refractivity contribution is 0.121. The second-order valence-corrected chi connectivity index (χ2v) is 4.35. The molecule has 1 aliphatic heterocycles. The maximum Gasteiger partial charge on any atom is 0.148 e. The van der Waals surface area contributed by atoms with Gasteiger partial charge in [-0.1, -0.05) is 0 Å². The Kier molecular flexibility index (Phi) is 3.44. The second kappa shape index (κ2) is 4.85. The average Bonchev–Trinajstić information content (AvgIpc) is 2.69. The number of hydrogen-bond acceptors (Lipinski definition) is 6. The molecule has 2 unspecified atom stereocenters. The number of aromatic nitrogens is 2. The normalized spacial score (nSPS) is 23.8. The van der Waals surface area contributed by atoms with Crippen LogP contribution in [0.4, 0.5) is 11.6 Å². The average molecular weight is 237 g/mol. The highest BCUT2D eigenvalue weighted by molar-refractivity contribution is 5.57. The third-order valence-electron chi connectivity index (χ3n) is 3.09. The Morgan fingerprint density at radius 3 is 2.59 bits per heavy atom. The van der Waals surface area contributed by atoms with E-state index in [1.807, 2.05) is 13.8 Å². The minimum absolute atomic E-state index is 0.207. The van der Waals surface area contributed by atoms with Crippen LogP contribution in [-0.4, -0.2) is 28.7 Å². The van der Waals surface area contributed by atoms with Gasteiger partial charge in [0.15, 0.2) is 0 Å². The van der Waals surface area contributed by atoms with Crippen LogP contribution in [0, 0.1) is 13.8 Å². The molecule has 1 aromatic heterocycles. The minimum atomic E-state index is 0.207. The van der Waals surface area contributed by atoms with Gasteiger partial charge in [-0.25, -0.2) is 15.8 Å². The van der Waals surface area contributed by atoms with Crippen LogP contribution in [0.15, 0.2) is 0 Å². The Hall–Kier alpha value is -1.40. The first kappa shape index (κ1) is 12.1. The quantitative estimate of drug-likeness (QED) is 0.536. The molecule has 0 aliphatic carbocycles. The van der Waals surface area contributed by atoms with Gasteiger partial charge in [0.05, 0.1) is 12.1 Å².